The molecule has 0 fully saturated rings. The van der Waals surface area contributed by atoms with Crippen molar-refractivity contribution in [2.45, 2.75) is 0 Å². The lowest BCUT2D eigenvalue weighted by molar-refractivity contribution is -0.136. The molecule has 6 heteroatoms. The Bertz CT molecular complexity index is 187. The fraction of sp³-hybridized carbons (Fsp3) is 0.714. The summed E-state index contributed by atoms with van der Waals surface area (Å²) in [7, 11) is 0. The molecule has 0 atom stereocenters. The van der Waals surface area contributed by atoms with Crippen molar-refractivity contribution in [1.29, 1.82) is 0 Å². The minimum atomic E-state index is -1.22. The number of nitrogens with two attached hydrogens (primary N) is 2. The van der Waals surface area contributed by atoms with Crippen LogP contribution in [-0.4, -0.2) is 35.3 Å². The molecule has 13 heavy (non-hydrogen) atoms. The Morgan fingerprint density at radius 1 is 1.00 bits per heavy atom. The first-order valence-corrected chi connectivity index (χ1v) is 5.92. The molecule has 0 aromatic rings. The van der Waals surface area contributed by atoms with Gasteiger partial charge in [0.1, 0.15) is 5.41 Å². The van der Waals surface area contributed by atoms with Crippen molar-refractivity contribution < 1.29 is 9.59 Å². The smallest absolute Gasteiger partial charge is 0.159 e. The Kier molecular flexibility index (Phi) is 5.95. The van der Waals surface area contributed by atoms with Gasteiger partial charge in [0.25, 0.3) is 0 Å². The van der Waals surface area contributed by atoms with Gasteiger partial charge in [-0.25, -0.2) is 0 Å². The van der Waals surface area contributed by atoms with Gasteiger partial charge in [-0.05, 0) is 0 Å². The zero-order valence-corrected chi connectivity index (χ0v) is 10.2. The summed E-state index contributed by atoms with van der Waals surface area (Å²) in [5.41, 5.74) is 9.60. The minimum Gasteiger partial charge on any atom is -0.329 e. The van der Waals surface area contributed by atoms with Gasteiger partial charge in [-0.1, -0.05) is 31.9 Å². The van der Waals surface area contributed by atoms with Gasteiger partial charge in [0, 0.05) is 13.1 Å². The van der Waals surface area contributed by atoms with E-state index in [4.69, 9.17) is 11.5 Å². The third-order valence-electron chi connectivity index (χ3n) is 2.01. The third-order valence-corrected chi connectivity index (χ3v) is 3.03. The molecule has 0 bridgehead atoms. The van der Waals surface area contributed by atoms with E-state index in [-0.39, 0.29) is 35.3 Å². The van der Waals surface area contributed by atoms with E-state index in [1.165, 1.54) is 0 Å². The molecule has 4 nitrogen and oxygen atoms in total. The molecule has 0 spiro atoms. The summed E-state index contributed by atoms with van der Waals surface area (Å²) in [5.74, 6) is -0.524. The minimum absolute atomic E-state index is 0.0433. The largest absolute Gasteiger partial charge is 0.329 e. The van der Waals surface area contributed by atoms with E-state index < -0.39 is 5.41 Å². The van der Waals surface area contributed by atoms with Crippen molar-refractivity contribution in [3.05, 3.63) is 0 Å². The molecule has 0 saturated heterocycles. The van der Waals surface area contributed by atoms with E-state index >= 15 is 0 Å². The highest BCUT2D eigenvalue weighted by Gasteiger charge is 2.41. The summed E-state index contributed by atoms with van der Waals surface area (Å²) in [5, 5.41) is 0.195. The molecule has 76 valence electrons. The normalized spacial score (nSPS) is 11.4. The molecule has 0 saturated carbocycles. The van der Waals surface area contributed by atoms with Gasteiger partial charge in [0.15, 0.2) is 11.6 Å². The number of hydrogen-bond donors (Lipinski definition) is 2. The average molecular weight is 316 g/mol. The zero-order chi connectivity index (χ0) is 10.5. The molecule has 0 radical (unpaired) electrons. The van der Waals surface area contributed by atoms with Crippen LogP contribution in [0.5, 0.6) is 0 Å². The van der Waals surface area contributed by atoms with Gasteiger partial charge in [-0.3, -0.25) is 9.59 Å². The van der Waals surface area contributed by atoms with Crippen molar-refractivity contribution in [3.8, 4) is 0 Å². The first-order valence-electron chi connectivity index (χ1n) is 3.67. The number of carbonyl (C=O) groups excluding carboxylic acids is 2. The van der Waals surface area contributed by atoms with Crippen molar-refractivity contribution in [1.82, 2.24) is 0 Å². The number of halogens is 2. The maximum atomic E-state index is 11.4. The summed E-state index contributed by atoms with van der Waals surface area (Å²) < 4.78 is 0. The molecule has 0 rings (SSSR count). The Morgan fingerprint density at radius 2 is 1.31 bits per heavy atom. The van der Waals surface area contributed by atoms with Crippen LogP contribution in [-0.2, 0) is 9.59 Å². The lowest BCUT2D eigenvalue weighted by atomic mass is 9.80. The highest BCUT2D eigenvalue weighted by atomic mass is 79.9. The summed E-state index contributed by atoms with van der Waals surface area (Å²) in [6.45, 7) is -0.0866. The number of carbonyl (C=O) groups is 2. The van der Waals surface area contributed by atoms with Gasteiger partial charge in [0.05, 0.1) is 10.7 Å². The van der Waals surface area contributed by atoms with E-state index in [9.17, 15) is 9.59 Å². The average Bonchev–Trinajstić information content (AvgIpc) is 2.19. The van der Waals surface area contributed by atoms with Crippen molar-refractivity contribution in [3.63, 3.8) is 0 Å². The SMILES string of the molecule is NCC(CN)(C(=O)CBr)C(=O)CBr. The van der Waals surface area contributed by atoms with Crippen LogP contribution < -0.4 is 11.5 Å². The van der Waals surface area contributed by atoms with Crippen molar-refractivity contribution in [2.75, 3.05) is 23.7 Å². The molecule has 0 amide bonds. The van der Waals surface area contributed by atoms with Crippen LogP contribution in [0.4, 0.5) is 0 Å². The number of rotatable bonds is 6. The van der Waals surface area contributed by atoms with Gasteiger partial charge >= 0.3 is 0 Å². The van der Waals surface area contributed by atoms with Crippen molar-refractivity contribution in [2.24, 2.45) is 16.9 Å². The summed E-state index contributed by atoms with van der Waals surface area (Å²) in [6, 6.07) is 0. The first kappa shape index (κ1) is 13.2. The van der Waals surface area contributed by atoms with E-state index in [0.29, 0.717) is 0 Å². The lowest BCUT2D eigenvalue weighted by Gasteiger charge is -2.26. The summed E-state index contributed by atoms with van der Waals surface area (Å²) in [6.07, 6.45) is 0. The summed E-state index contributed by atoms with van der Waals surface area (Å²) in [4.78, 5) is 22.9. The van der Waals surface area contributed by atoms with E-state index in [0.717, 1.165) is 0 Å². The Labute approximate surface area is 93.7 Å². The molecular formula is C7H12Br2N2O2. The first-order chi connectivity index (χ1) is 6.08. The molecule has 0 heterocycles. The molecule has 4 N–H and O–H groups in total. The molecule has 0 unspecified atom stereocenters. The van der Waals surface area contributed by atoms with E-state index in [2.05, 4.69) is 31.9 Å². The molecule has 0 aromatic heterocycles. The number of alkyl halides is 2. The quantitative estimate of drug-likeness (QED) is 0.526. The van der Waals surface area contributed by atoms with Gasteiger partial charge in [-0.2, -0.15) is 0 Å². The van der Waals surface area contributed by atoms with Crippen LogP contribution >= 0.6 is 31.9 Å². The monoisotopic (exact) mass is 314 g/mol. The van der Waals surface area contributed by atoms with Gasteiger partial charge in [0.2, 0.25) is 0 Å². The van der Waals surface area contributed by atoms with E-state index in [1.807, 2.05) is 0 Å². The molecule has 0 aromatic carbocycles. The standard InChI is InChI=1S/C7H12Br2N2O2/c8-1-5(12)7(3-10,4-11)6(13)2-9/h1-4,10-11H2. The van der Waals surface area contributed by atoms with Crippen LogP contribution in [0.3, 0.4) is 0 Å². The summed E-state index contributed by atoms with van der Waals surface area (Å²) >= 11 is 6.00. The maximum absolute atomic E-state index is 11.4. The second-order valence-electron chi connectivity index (χ2n) is 2.60. The highest BCUT2D eigenvalue weighted by molar-refractivity contribution is 9.09. The van der Waals surface area contributed by atoms with Gasteiger partial charge in [-0.15, -0.1) is 0 Å². The predicted octanol–water partition coefficient (Wildman–Crippen LogP) is -0.182. The second-order valence-corrected chi connectivity index (χ2v) is 3.73. The lowest BCUT2D eigenvalue weighted by Crippen LogP contribution is -2.52. The zero-order valence-electron chi connectivity index (χ0n) is 7.06. The Balaban J connectivity index is 4.90. The Morgan fingerprint density at radius 3 is 1.46 bits per heavy atom. The number of Topliss-reactive ketones (excluding diaryl/α,β-unsaturated/α-hetero) is 2. The predicted molar refractivity (Wildman–Crippen MR) is 58.1 cm³/mol. The van der Waals surface area contributed by atoms with Crippen molar-refractivity contribution >= 4 is 43.4 Å². The maximum Gasteiger partial charge on any atom is 0.159 e. The Hall–Kier alpha value is 0.220. The molecule has 0 aliphatic rings. The number of ketones is 2. The van der Waals surface area contributed by atoms with Crippen LogP contribution in [0.1, 0.15) is 0 Å². The van der Waals surface area contributed by atoms with E-state index in [1.54, 1.807) is 0 Å². The second kappa shape index (κ2) is 5.85. The van der Waals surface area contributed by atoms with Crippen LogP contribution in [0.15, 0.2) is 0 Å². The van der Waals surface area contributed by atoms with Crippen LogP contribution in [0, 0.1) is 5.41 Å². The fourth-order valence-corrected chi connectivity index (χ4v) is 2.02. The fourth-order valence-electron chi connectivity index (χ4n) is 0.950. The topological polar surface area (TPSA) is 86.2 Å². The van der Waals surface area contributed by atoms with Crippen LogP contribution in [0.25, 0.3) is 0 Å². The number of hydrogen-bond acceptors (Lipinski definition) is 4. The molecular weight excluding hydrogens is 304 g/mol. The molecule has 0 aliphatic heterocycles. The molecule has 0 aliphatic carbocycles. The van der Waals surface area contributed by atoms with Gasteiger partial charge < -0.3 is 11.5 Å². The van der Waals surface area contributed by atoms with Crippen LogP contribution in [0.2, 0.25) is 0 Å². The highest BCUT2D eigenvalue weighted by Crippen LogP contribution is 2.19. The third kappa shape index (κ3) is 2.59.